The Kier molecular flexibility index (Phi) is 5.69. The van der Waals surface area contributed by atoms with Crippen LogP contribution in [-0.2, 0) is 11.8 Å². The average molecular weight is 379 g/mol. The van der Waals surface area contributed by atoms with E-state index in [0.29, 0.717) is 30.4 Å². The molecule has 0 atom stereocenters. The quantitative estimate of drug-likeness (QED) is 0.597. The number of pyridine rings is 2. The fourth-order valence-corrected chi connectivity index (χ4v) is 2.85. The van der Waals surface area contributed by atoms with Gasteiger partial charge in [0.25, 0.3) is 5.91 Å². The predicted molar refractivity (Wildman–Crippen MR) is 104 cm³/mol. The molecule has 144 valence electrons. The number of carbonyl (C=O) groups excluding carboxylic acids is 1. The molecule has 2 N–H and O–H groups in total. The highest BCUT2D eigenvalue weighted by Crippen LogP contribution is 2.26. The van der Waals surface area contributed by atoms with Crippen molar-refractivity contribution in [2.75, 3.05) is 25.0 Å². The first kappa shape index (κ1) is 19.1. The maximum absolute atomic E-state index is 12.1. The minimum Gasteiger partial charge on any atom is -0.466 e. The van der Waals surface area contributed by atoms with E-state index in [1.165, 1.54) is 0 Å². The largest absolute Gasteiger partial charge is 0.466 e. The summed E-state index contributed by atoms with van der Waals surface area (Å²) >= 11 is 0. The Morgan fingerprint density at radius 3 is 2.96 bits per heavy atom. The number of anilines is 1. The predicted octanol–water partition coefficient (Wildman–Crippen LogP) is 1.46. The van der Waals surface area contributed by atoms with E-state index in [1.807, 2.05) is 19.9 Å². The lowest BCUT2D eigenvalue weighted by Crippen LogP contribution is -2.33. The van der Waals surface area contributed by atoms with E-state index in [4.69, 9.17) is 10.00 Å². The van der Waals surface area contributed by atoms with Crippen molar-refractivity contribution in [2.24, 2.45) is 7.05 Å². The lowest BCUT2D eigenvalue weighted by molar-refractivity contribution is -0.123. The molecule has 0 fully saturated rings. The molecule has 0 radical (unpaired) electrons. The van der Waals surface area contributed by atoms with Crippen LogP contribution in [0.2, 0.25) is 0 Å². The van der Waals surface area contributed by atoms with Gasteiger partial charge in [-0.25, -0.2) is 14.6 Å². The molecule has 3 aromatic rings. The number of rotatable bonds is 7. The summed E-state index contributed by atoms with van der Waals surface area (Å²) in [6.45, 7) is 4.54. The number of nitrogens with one attached hydrogen (secondary N) is 2. The lowest BCUT2D eigenvalue weighted by atomic mass is 10.2. The van der Waals surface area contributed by atoms with E-state index in [0.717, 1.165) is 22.3 Å². The van der Waals surface area contributed by atoms with Gasteiger partial charge in [0.1, 0.15) is 11.9 Å². The van der Waals surface area contributed by atoms with E-state index in [2.05, 4.69) is 31.8 Å². The van der Waals surface area contributed by atoms with Crippen molar-refractivity contribution in [3.8, 4) is 11.9 Å². The van der Waals surface area contributed by atoms with Gasteiger partial charge in [0, 0.05) is 32.0 Å². The molecule has 0 saturated carbocycles. The second-order valence-corrected chi connectivity index (χ2v) is 6.28. The monoisotopic (exact) mass is 379 g/mol. The number of hydrogen-bond acceptors (Lipinski definition) is 7. The third-order valence-corrected chi connectivity index (χ3v) is 4.09. The Bertz CT molecular complexity index is 1050. The highest BCUT2D eigenvalue weighted by Gasteiger charge is 2.15. The van der Waals surface area contributed by atoms with Crippen LogP contribution in [0.4, 0.5) is 5.82 Å². The molecule has 0 aliphatic heterocycles. The summed E-state index contributed by atoms with van der Waals surface area (Å²) in [7, 11) is 1.79. The molecular formula is C19H21N7O2. The van der Waals surface area contributed by atoms with Gasteiger partial charge in [0.05, 0.1) is 10.9 Å². The first-order valence-corrected chi connectivity index (χ1v) is 8.79. The molecule has 9 nitrogen and oxygen atoms in total. The van der Waals surface area contributed by atoms with Crippen LogP contribution in [0.5, 0.6) is 5.88 Å². The smallest absolute Gasteiger partial charge is 0.258 e. The Balaban J connectivity index is 1.51. The van der Waals surface area contributed by atoms with Crippen LogP contribution in [0, 0.1) is 25.2 Å². The first-order valence-electron chi connectivity index (χ1n) is 8.79. The second-order valence-electron chi connectivity index (χ2n) is 6.28. The van der Waals surface area contributed by atoms with Gasteiger partial charge < -0.3 is 15.4 Å². The minimum atomic E-state index is -0.264. The summed E-state index contributed by atoms with van der Waals surface area (Å²) in [5, 5.41) is 19.9. The Labute approximate surface area is 162 Å². The van der Waals surface area contributed by atoms with Crippen LogP contribution in [0.3, 0.4) is 0 Å². The van der Waals surface area contributed by atoms with Gasteiger partial charge in [-0.1, -0.05) is 0 Å². The van der Waals surface area contributed by atoms with Gasteiger partial charge >= 0.3 is 0 Å². The number of hydrogen-bond donors (Lipinski definition) is 2. The maximum atomic E-state index is 12.1. The molecule has 3 aromatic heterocycles. The van der Waals surface area contributed by atoms with Crippen molar-refractivity contribution in [1.29, 1.82) is 5.26 Å². The minimum absolute atomic E-state index is 0.146. The van der Waals surface area contributed by atoms with Gasteiger partial charge in [-0.15, -0.1) is 5.10 Å². The zero-order valence-electron chi connectivity index (χ0n) is 16.0. The fraction of sp³-hybridized carbons (Fsp3) is 0.316. The standard InChI is InChI=1S/C19H21N7O2/c1-12-9-13(2)24-18-16(12)19(25-26(18)3)28-11-15(27)21-7-8-23-17-14(10-20)5-4-6-22-17/h4-6,9H,7-8,11H2,1-3H3,(H,21,27)(H,22,23). The van der Waals surface area contributed by atoms with Crippen molar-refractivity contribution in [2.45, 2.75) is 13.8 Å². The van der Waals surface area contributed by atoms with Crippen molar-refractivity contribution in [3.05, 3.63) is 41.2 Å². The number of carbonyl (C=O) groups is 1. The maximum Gasteiger partial charge on any atom is 0.258 e. The summed E-state index contributed by atoms with van der Waals surface area (Å²) in [4.78, 5) is 20.6. The molecule has 0 unspecified atom stereocenters. The number of aromatic nitrogens is 4. The summed E-state index contributed by atoms with van der Waals surface area (Å²) in [6, 6.07) is 7.39. The number of fused-ring (bicyclic) bond motifs is 1. The van der Waals surface area contributed by atoms with E-state index >= 15 is 0 Å². The highest BCUT2D eigenvalue weighted by molar-refractivity contribution is 5.85. The third kappa shape index (κ3) is 4.17. The average Bonchev–Trinajstić information content (AvgIpc) is 2.99. The summed E-state index contributed by atoms with van der Waals surface area (Å²) in [5.41, 5.74) is 3.08. The molecule has 0 aromatic carbocycles. The molecule has 9 heteroatoms. The van der Waals surface area contributed by atoms with Crippen molar-refractivity contribution in [3.63, 3.8) is 0 Å². The van der Waals surface area contributed by atoms with Crippen LogP contribution < -0.4 is 15.4 Å². The molecule has 0 aliphatic rings. The zero-order valence-corrected chi connectivity index (χ0v) is 16.0. The van der Waals surface area contributed by atoms with Crippen molar-refractivity contribution in [1.82, 2.24) is 25.1 Å². The molecule has 3 rings (SSSR count). The normalized spacial score (nSPS) is 10.5. The fourth-order valence-electron chi connectivity index (χ4n) is 2.85. The van der Waals surface area contributed by atoms with Crippen LogP contribution in [-0.4, -0.2) is 45.4 Å². The molecule has 0 aliphatic carbocycles. The van der Waals surface area contributed by atoms with Gasteiger partial charge in [0.2, 0.25) is 5.88 Å². The third-order valence-electron chi connectivity index (χ3n) is 4.09. The number of ether oxygens (including phenoxy) is 1. The van der Waals surface area contributed by atoms with Gasteiger partial charge in [-0.2, -0.15) is 5.26 Å². The number of nitrogens with zero attached hydrogens (tertiary/aromatic N) is 5. The van der Waals surface area contributed by atoms with Crippen molar-refractivity contribution >= 4 is 22.8 Å². The first-order chi connectivity index (χ1) is 13.5. The molecule has 0 bridgehead atoms. The summed E-state index contributed by atoms with van der Waals surface area (Å²) in [5.74, 6) is 0.622. The van der Waals surface area contributed by atoms with E-state index < -0.39 is 0 Å². The Hall–Kier alpha value is -3.67. The van der Waals surface area contributed by atoms with Gasteiger partial charge in [-0.3, -0.25) is 4.79 Å². The summed E-state index contributed by atoms with van der Waals surface area (Å²) in [6.07, 6.45) is 1.60. The SMILES string of the molecule is Cc1cc(C)c2c(OCC(=O)NCCNc3ncccc3C#N)nn(C)c2n1. The van der Waals surface area contributed by atoms with Gasteiger partial charge in [-0.05, 0) is 37.6 Å². The molecule has 28 heavy (non-hydrogen) atoms. The summed E-state index contributed by atoms with van der Waals surface area (Å²) < 4.78 is 7.26. The van der Waals surface area contributed by atoms with E-state index in [9.17, 15) is 4.79 Å². The topological polar surface area (TPSA) is 118 Å². The highest BCUT2D eigenvalue weighted by atomic mass is 16.5. The van der Waals surface area contributed by atoms with Crippen LogP contribution >= 0.6 is 0 Å². The number of amides is 1. The zero-order chi connectivity index (χ0) is 20.1. The molecule has 1 amide bonds. The van der Waals surface area contributed by atoms with Gasteiger partial charge in [0.15, 0.2) is 12.3 Å². The van der Waals surface area contributed by atoms with Crippen LogP contribution in [0.25, 0.3) is 11.0 Å². The Morgan fingerprint density at radius 1 is 1.36 bits per heavy atom. The second kappa shape index (κ2) is 8.35. The molecule has 0 saturated heterocycles. The van der Waals surface area contributed by atoms with Crippen LogP contribution in [0.15, 0.2) is 24.4 Å². The molecule has 0 spiro atoms. The number of aryl methyl sites for hydroxylation is 3. The van der Waals surface area contributed by atoms with E-state index in [1.54, 1.807) is 30.1 Å². The Morgan fingerprint density at radius 2 is 2.18 bits per heavy atom. The van der Waals surface area contributed by atoms with Crippen molar-refractivity contribution < 1.29 is 9.53 Å². The number of nitriles is 1. The molecule has 3 heterocycles. The molecular weight excluding hydrogens is 358 g/mol. The lowest BCUT2D eigenvalue weighted by Gasteiger charge is -2.09. The van der Waals surface area contributed by atoms with Crippen LogP contribution in [0.1, 0.15) is 16.8 Å². The van der Waals surface area contributed by atoms with E-state index in [-0.39, 0.29) is 12.5 Å².